The predicted molar refractivity (Wildman–Crippen MR) is 78.6 cm³/mol. The second kappa shape index (κ2) is 5.96. The van der Waals surface area contributed by atoms with Crippen LogP contribution in [0.2, 0.25) is 0 Å². The van der Waals surface area contributed by atoms with Gasteiger partial charge in [0, 0.05) is 6.54 Å². The molecule has 0 aliphatic carbocycles. The molecule has 1 aromatic carbocycles. The molecule has 1 amide bonds. The van der Waals surface area contributed by atoms with E-state index in [0.29, 0.717) is 11.3 Å². The number of aromatic nitrogens is 1. The number of nitrogens with two attached hydrogens (primary N) is 1. The molecule has 0 radical (unpaired) electrons. The second-order valence-corrected chi connectivity index (χ2v) is 5.87. The van der Waals surface area contributed by atoms with Gasteiger partial charge in [-0.1, -0.05) is 35.1 Å². The predicted octanol–water partition coefficient (Wildman–Crippen LogP) is 3.29. The highest BCUT2D eigenvalue weighted by molar-refractivity contribution is 7.17. The maximum atomic E-state index is 12.8. The number of nitrogens with zero attached hydrogens (tertiary/aromatic N) is 1. The molecule has 3 N–H and O–H groups in total. The smallest absolute Gasteiger partial charge is 0.375 e. The number of aryl methyl sites for hydroxylation is 2. The number of hydrogen-bond acceptors (Lipinski definition) is 4. The van der Waals surface area contributed by atoms with Gasteiger partial charge in [-0.15, -0.1) is 0 Å². The Morgan fingerprint density at radius 1 is 1.36 bits per heavy atom. The molecular formula is C14H14F3N3OS. The number of thiazole rings is 1. The largest absolute Gasteiger partial charge is 0.435 e. The molecule has 0 spiro atoms. The minimum absolute atomic E-state index is 0.140. The molecule has 118 valence electrons. The molecule has 0 aliphatic heterocycles. The number of amides is 1. The molecule has 1 aromatic heterocycles. The first-order valence-electron chi connectivity index (χ1n) is 6.36. The summed E-state index contributed by atoms with van der Waals surface area (Å²) in [7, 11) is 0. The van der Waals surface area contributed by atoms with Crippen molar-refractivity contribution in [3.63, 3.8) is 0 Å². The van der Waals surface area contributed by atoms with Crippen LogP contribution in [-0.4, -0.2) is 10.9 Å². The third-order valence-corrected chi connectivity index (χ3v) is 3.95. The van der Waals surface area contributed by atoms with Crippen molar-refractivity contribution in [2.24, 2.45) is 0 Å². The van der Waals surface area contributed by atoms with Crippen molar-refractivity contribution in [2.45, 2.75) is 26.6 Å². The molecular weight excluding hydrogens is 315 g/mol. The van der Waals surface area contributed by atoms with E-state index in [1.165, 1.54) is 0 Å². The fourth-order valence-electron chi connectivity index (χ4n) is 1.93. The van der Waals surface area contributed by atoms with Crippen molar-refractivity contribution in [2.75, 3.05) is 5.73 Å². The molecule has 22 heavy (non-hydrogen) atoms. The Kier molecular flexibility index (Phi) is 4.41. The lowest BCUT2D eigenvalue weighted by atomic mass is 10.1. The number of carbonyl (C=O) groups is 1. The molecule has 2 rings (SSSR count). The topological polar surface area (TPSA) is 68.0 Å². The van der Waals surface area contributed by atoms with Crippen LogP contribution in [0.15, 0.2) is 18.2 Å². The van der Waals surface area contributed by atoms with E-state index in [0.717, 1.165) is 16.7 Å². The SMILES string of the molecule is Cc1ccc(C)c(CNC(=O)c2sc(N)nc2C(F)(F)F)c1. The highest BCUT2D eigenvalue weighted by Gasteiger charge is 2.39. The quantitative estimate of drug-likeness (QED) is 0.908. The third-order valence-electron chi connectivity index (χ3n) is 3.06. The lowest BCUT2D eigenvalue weighted by Crippen LogP contribution is -2.25. The van der Waals surface area contributed by atoms with E-state index in [4.69, 9.17) is 5.73 Å². The summed E-state index contributed by atoms with van der Waals surface area (Å²) in [6.45, 7) is 3.91. The number of alkyl halides is 3. The zero-order valence-corrected chi connectivity index (χ0v) is 12.7. The average Bonchev–Trinajstić information content (AvgIpc) is 2.82. The first kappa shape index (κ1) is 16.3. The number of nitrogens with one attached hydrogen (secondary N) is 1. The van der Waals surface area contributed by atoms with Gasteiger partial charge in [-0.25, -0.2) is 4.98 Å². The number of anilines is 1. The molecule has 4 nitrogen and oxygen atoms in total. The third kappa shape index (κ3) is 3.56. The van der Waals surface area contributed by atoms with Gasteiger partial charge in [0.1, 0.15) is 4.88 Å². The standard InChI is InChI=1S/C14H14F3N3OS/c1-7-3-4-8(2)9(5-7)6-19-12(21)10-11(14(15,16)17)20-13(18)22-10/h3-5H,6H2,1-2H3,(H2,18,20)(H,19,21). The van der Waals surface area contributed by atoms with E-state index in [1.54, 1.807) is 0 Å². The zero-order valence-electron chi connectivity index (χ0n) is 11.9. The van der Waals surface area contributed by atoms with Crippen LogP contribution < -0.4 is 11.1 Å². The van der Waals surface area contributed by atoms with Gasteiger partial charge in [-0.2, -0.15) is 13.2 Å². The van der Waals surface area contributed by atoms with Crippen molar-refractivity contribution < 1.29 is 18.0 Å². The van der Waals surface area contributed by atoms with Crippen molar-refractivity contribution >= 4 is 22.4 Å². The summed E-state index contributed by atoms with van der Waals surface area (Å²) < 4.78 is 38.4. The van der Waals surface area contributed by atoms with Gasteiger partial charge in [0.15, 0.2) is 10.8 Å². The summed E-state index contributed by atoms with van der Waals surface area (Å²) in [6.07, 6.45) is -4.71. The fourth-order valence-corrected chi connectivity index (χ4v) is 2.70. The summed E-state index contributed by atoms with van der Waals surface area (Å²) in [5.41, 5.74) is 6.85. The van der Waals surface area contributed by atoms with Gasteiger partial charge in [0.2, 0.25) is 0 Å². The Bertz CT molecular complexity index is 710. The monoisotopic (exact) mass is 329 g/mol. The van der Waals surface area contributed by atoms with Crippen LogP contribution in [0.1, 0.15) is 32.1 Å². The Morgan fingerprint density at radius 3 is 2.68 bits per heavy atom. The van der Waals surface area contributed by atoms with Crippen LogP contribution in [0.4, 0.5) is 18.3 Å². The molecule has 0 fully saturated rings. The number of rotatable bonds is 3. The van der Waals surface area contributed by atoms with Crippen molar-refractivity contribution in [3.05, 3.63) is 45.5 Å². The minimum atomic E-state index is -4.71. The van der Waals surface area contributed by atoms with Gasteiger partial charge >= 0.3 is 6.18 Å². The van der Waals surface area contributed by atoms with Crippen molar-refractivity contribution in [1.29, 1.82) is 0 Å². The van der Waals surface area contributed by atoms with Gasteiger partial charge < -0.3 is 11.1 Å². The number of carbonyl (C=O) groups excluding carboxylic acids is 1. The van der Waals surface area contributed by atoms with Crippen LogP contribution in [0.25, 0.3) is 0 Å². The molecule has 8 heteroatoms. The van der Waals surface area contributed by atoms with Crippen molar-refractivity contribution in [1.82, 2.24) is 10.3 Å². The molecule has 1 heterocycles. The summed E-state index contributed by atoms with van der Waals surface area (Å²) in [6, 6.07) is 5.69. The van der Waals surface area contributed by atoms with Gasteiger partial charge in [0.25, 0.3) is 5.91 Å². The van der Waals surface area contributed by atoms with E-state index in [2.05, 4.69) is 10.3 Å². The summed E-state index contributed by atoms with van der Waals surface area (Å²) in [5, 5.41) is 2.20. The van der Waals surface area contributed by atoms with E-state index >= 15 is 0 Å². The first-order chi connectivity index (χ1) is 10.2. The van der Waals surface area contributed by atoms with Crippen LogP contribution in [0, 0.1) is 13.8 Å². The maximum Gasteiger partial charge on any atom is 0.435 e. The van der Waals surface area contributed by atoms with Crippen molar-refractivity contribution in [3.8, 4) is 0 Å². The van der Waals surface area contributed by atoms with Gasteiger partial charge in [-0.3, -0.25) is 4.79 Å². The highest BCUT2D eigenvalue weighted by Crippen LogP contribution is 2.35. The second-order valence-electron chi connectivity index (χ2n) is 4.84. The minimum Gasteiger partial charge on any atom is -0.375 e. The molecule has 0 unspecified atom stereocenters. The summed E-state index contributed by atoms with van der Waals surface area (Å²) in [5.74, 6) is -0.831. The van der Waals surface area contributed by atoms with E-state index in [-0.39, 0.29) is 11.7 Å². The molecule has 0 aliphatic rings. The van der Waals surface area contributed by atoms with Gasteiger partial charge in [0.05, 0.1) is 0 Å². The Morgan fingerprint density at radius 2 is 2.05 bits per heavy atom. The van der Waals surface area contributed by atoms with E-state index in [9.17, 15) is 18.0 Å². The fraction of sp³-hybridized carbons (Fsp3) is 0.286. The van der Waals surface area contributed by atoms with Crippen LogP contribution >= 0.6 is 11.3 Å². The van der Waals surface area contributed by atoms with Crippen LogP contribution in [-0.2, 0) is 12.7 Å². The lowest BCUT2D eigenvalue weighted by Gasteiger charge is -2.10. The zero-order chi connectivity index (χ0) is 16.5. The Labute approximate surface area is 129 Å². The lowest BCUT2D eigenvalue weighted by molar-refractivity contribution is -0.141. The summed E-state index contributed by atoms with van der Waals surface area (Å²) >= 11 is 0.526. The number of benzene rings is 1. The van der Waals surface area contributed by atoms with Crippen LogP contribution in [0.3, 0.4) is 0 Å². The normalized spacial score (nSPS) is 11.5. The molecule has 0 saturated carbocycles. The number of hydrogen-bond donors (Lipinski definition) is 2. The first-order valence-corrected chi connectivity index (χ1v) is 7.18. The Hall–Kier alpha value is -2.09. The highest BCUT2D eigenvalue weighted by atomic mass is 32.1. The molecule has 2 aromatic rings. The summed E-state index contributed by atoms with van der Waals surface area (Å²) in [4.78, 5) is 14.7. The number of halogens is 3. The molecule has 0 saturated heterocycles. The Balaban J connectivity index is 2.18. The molecule has 0 bridgehead atoms. The van der Waals surface area contributed by atoms with Crippen LogP contribution in [0.5, 0.6) is 0 Å². The van der Waals surface area contributed by atoms with E-state index < -0.39 is 22.7 Å². The average molecular weight is 329 g/mol. The van der Waals surface area contributed by atoms with Gasteiger partial charge in [-0.05, 0) is 25.0 Å². The van der Waals surface area contributed by atoms with E-state index in [1.807, 2.05) is 32.0 Å². The maximum absolute atomic E-state index is 12.8. The molecule has 0 atom stereocenters. The number of nitrogen functional groups attached to an aromatic ring is 1.